The molecule has 4 heteroatoms. The maximum absolute atomic E-state index is 13.6. The van der Waals surface area contributed by atoms with Gasteiger partial charge in [-0.15, -0.1) is 11.8 Å². The number of halogens is 2. The highest BCUT2D eigenvalue weighted by atomic mass is 35.5. The summed E-state index contributed by atoms with van der Waals surface area (Å²) >= 11 is 7.57. The lowest BCUT2D eigenvalue weighted by Gasteiger charge is -2.36. The lowest BCUT2D eigenvalue weighted by Crippen LogP contribution is -2.31. The van der Waals surface area contributed by atoms with Crippen molar-refractivity contribution in [2.75, 3.05) is 0 Å². The Morgan fingerprint density at radius 3 is 2.87 bits per heavy atom. The molecule has 0 saturated heterocycles. The molecule has 0 saturated carbocycles. The molecule has 1 unspecified atom stereocenters. The second-order valence-electron chi connectivity index (χ2n) is 4.22. The van der Waals surface area contributed by atoms with E-state index in [0.717, 1.165) is 5.56 Å². The van der Waals surface area contributed by atoms with E-state index in [-0.39, 0.29) is 10.6 Å². The highest BCUT2D eigenvalue weighted by molar-refractivity contribution is 8.00. The van der Waals surface area contributed by atoms with E-state index in [1.807, 2.05) is 13.8 Å². The van der Waals surface area contributed by atoms with Crippen LogP contribution in [0.15, 0.2) is 12.1 Å². The van der Waals surface area contributed by atoms with Crippen LogP contribution in [0.2, 0.25) is 5.02 Å². The number of aliphatic hydroxyl groups is 1. The summed E-state index contributed by atoms with van der Waals surface area (Å²) in [5.74, 6) is 0.283. The minimum atomic E-state index is -0.801. The summed E-state index contributed by atoms with van der Waals surface area (Å²) in [4.78, 5) is 0. The van der Waals surface area contributed by atoms with E-state index in [4.69, 9.17) is 11.6 Å². The Bertz CT molecular complexity index is 406. The van der Waals surface area contributed by atoms with Crippen molar-refractivity contribution in [2.24, 2.45) is 0 Å². The third-order valence-electron chi connectivity index (χ3n) is 2.77. The fourth-order valence-corrected chi connectivity index (χ4v) is 3.15. The van der Waals surface area contributed by atoms with Crippen LogP contribution in [0.4, 0.5) is 4.39 Å². The second kappa shape index (κ2) is 3.65. The summed E-state index contributed by atoms with van der Waals surface area (Å²) in [6.07, 6.45) is -0.801. The van der Waals surface area contributed by atoms with Crippen molar-refractivity contribution in [1.82, 2.24) is 0 Å². The molecule has 1 aliphatic rings. The van der Waals surface area contributed by atoms with Crippen molar-refractivity contribution in [2.45, 2.75) is 30.5 Å². The predicted molar refractivity (Wildman–Crippen MR) is 61.7 cm³/mol. The van der Waals surface area contributed by atoms with Crippen LogP contribution in [-0.2, 0) is 5.75 Å². The van der Waals surface area contributed by atoms with Gasteiger partial charge in [-0.25, -0.2) is 4.39 Å². The van der Waals surface area contributed by atoms with Gasteiger partial charge in [0.2, 0.25) is 0 Å². The Morgan fingerprint density at radius 2 is 2.20 bits per heavy atom. The monoisotopic (exact) mass is 246 g/mol. The first-order valence-corrected chi connectivity index (χ1v) is 6.08. The molecule has 0 amide bonds. The van der Waals surface area contributed by atoms with Gasteiger partial charge >= 0.3 is 0 Å². The molecule has 0 aliphatic carbocycles. The Morgan fingerprint density at radius 1 is 1.53 bits per heavy atom. The molecule has 0 fully saturated rings. The first-order valence-electron chi connectivity index (χ1n) is 4.72. The fraction of sp³-hybridized carbons (Fsp3) is 0.455. The van der Waals surface area contributed by atoms with Gasteiger partial charge in [0.15, 0.2) is 0 Å². The Kier molecular flexibility index (Phi) is 2.73. The van der Waals surface area contributed by atoms with Gasteiger partial charge in [0, 0.05) is 21.1 Å². The normalized spacial score (nSPS) is 23.7. The number of hydrogen-bond donors (Lipinski definition) is 1. The highest BCUT2D eigenvalue weighted by Gasteiger charge is 2.38. The van der Waals surface area contributed by atoms with Crippen LogP contribution in [-0.4, -0.2) is 9.85 Å². The largest absolute Gasteiger partial charge is 0.387 e. The van der Waals surface area contributed by atoms with Gasteiger partial charge in [0.1, 0.15) is 5.82 Å². The van der Waals surface area contributed by atoms with Crippen molar-refractivity contribution in [3.05, 3.63) is 34.1 Å². The van der Waals surface area contributed by atoms with E-state index < -0.39 is 6.10 Å². The van der Waals surface area contributed by atoms with Crippen molar-refractivity contribution in [3.63, 3.8) is 0 Å². The van der Waals surface area contributed by atoms with Crippen molar-refractivity contribution in [1.29, 1.82) is 0 Å². The lowest BCUT2D eigenvalue weighted by molar-refractivity contribution is 0.137. The first kappa shape index (κ1) is 11.2. The van der Waals surface area contributed by atoms with Crippen molar-refractivity contribution >= 4 is 23.4 Å². The van der Waals surface area contributed by atoms with Gasteiger partial charge in [-0.3, -0.25) is 0 Å². The molecule has 1 atom stereocenters. The Labute approximate surface area is 97.6 Å². The second-order valence-corrected chi connectivity index (χ2v) is 6.25. The minimum Gasteiger partial charge on any atom is -0.387 e. The summed E-state index contributed by atoms with van der Waals surface area (Å²) < 4.78 is 13.3. The summed E-state index contributed by atoms with van der Waals surface area (Å²) in [6.45, 7) is 3.82. The van der Waals surface area contributed by atoms with Gasteiger partial charge < -0.3 is 5.11 Å². The zero-order chi connectivity index (χ0) is 11.2. The first-order chi connectivity index (χ1) is 6.93. The molecule has 1 nitrogen and oxygen atoms in total. The average molecular weight is 247 g/mol. The summed E-state index contributed by atoms with van der Waals surface area (Å²) in [7, 11) is 0. The quantitative estimate of drug-likeness (QED) is 0.756. The van der Waals surface area contributed by atoms with Gasteiger partial charge in [-0.1, -0.05) is 11.6 Å². The fourth-order valence-electron chi connectivity index (χ4n) is 1.74. The minimum absolute atomic E-state index is 0.363. The van der Waals surface area contributed by atoms with Crippen molar-refractivity contribution in [3.8, 4) is 0 Å². The van der Waals surface area contributed by atoms with E-state index >= 15 is 0 Å². The number of thioether (sulfide) groups is 1. The molecule has 0 bridgehead atoms. The van der Waals surface area contributed by atoms with Crippen molar-refractivity contribution < 1.29 is 9.50 Å². The maximum atomic E-state index is 13.6. The van der Waals surface area contributed by atoms with Gasteiger partial charge in [0.25, 0.3) is 0 Å². The van der Waals surface area contributed by atoms with E-state index in [2.05, 4.69) is 0 Å². The van der Waals surface area contributed by atoms with Gasteiger partial charge in [-0.2, -0.15) is 0 Å². The lowest BCUT2D eigenvalue weighted by atomic mass is 9.93. The third kappa shape index (κ3) is 1.77. The number of hydrogen-bond acceptors (Lipinski definition) is 2. The van der Waals surface area contributed by atoms with Crippen LogP contribution >= 0.6 is 23.4 Å². The molecule has 1 aliphatic heterocycles. The topological polar surface area (TPSA) is 20.2 Å². The van der Waals surface area contributed by atoms with Crippen LogP contribution in [0.5, 0.6) is 0 Å². The van der Waals surface area contributed by atoms with Crippen LogP contribution in [0.25, 0.3) is 0 Å². The number of fused-ring (bicyclic) bond motifs is 1. The van der Waals surface area contributed by atoms with Crippen LogP contribution < -0.4 is 0 Å². The average Bonchev–Trinajstić information content (AvgIpc) is 2.16. The van der Waals surface area contributed by atoms with E-state index in [9.17, 15) is 9.50 Å². The van der Waals surface area contributed by atoms with Gasteiger partial charge in [-0.05, 0) is 31.5 Å². The maximum Gasteiger partial charge on any atom is 0.129 e. The number of rotatable bonds is 0. The third-order valence-corrected chi connectivity index (χ3v) is 4.52. The van der Waals surface area contributed by atoms with E-state index in [1.54, 1.807) is 17.8 Å². The molecular weight excluding hydrogens is 235 g/mol. The zero-order valence-electron chi connectivity index (χ0n) is 8.55. The SMILES string of the molecule is CC1(C)SCc2c(Cl)ccc(F)c2C1O. The van der Waals surface area contributed by atoms with Crippen LogP contribution in [0.3, 0.4) is 0 Å². The molecule has 1 aromatic carbocycles. The Hall–Kier alpha value is -0.250. The van der Waals surface area contributed by atoms with E-state index in [1.165, 1.54) is 6.07 Å². The molecule has 82 valence electrons. The summed E-state index contributed by atoms with van der Waals surface area (Å²) in [6, 6.07) is 2.86. The molecule has 2 rings (SSSR count). The molecule has 1 heterocycles. The standard InChI is InChI=1S/C11H12ClFOS/c1-11(2)10(14)9-6(5-15-11)7(12)3-4-8(9)13/h3-4,10,14H,5H2,1-2H3. The number of aliphatic hydroxyl groups excluding tert-OH is 1. The zero-order valence-corrected chi connectivity index (χ0v) is 10.1. The molecule has 1 aromatic rings. The molecular formula is C11H12ClFOS. The van der Waals surface area contributed by atoms with Gasteiger partial charge in [0.05, 0.1) is 6.10 Å². The summed E-state index contributed by atoms with van der Waals surface area (Å²) in [5, 5.41) is 10.6. The molecule has 1 N–H and O–H groups in total. The molecule has 15 heavy (non-hydrogen) atoms. The van der Waals surface area contributed by atoms with Crippen LogP contribution in [0, 0.1) is 5.82 Å². The molecule has 0 spiro atoms. The molecule has 0 aromatic heterocycles. The Balaban J connectivity index is 2.60. The van der Waals surface area contributed by atoms with Crippen LogP contribution in [0.1, 0.15) is 31.1 Å². The highest BCUT2D eigenvalue weighted by Crippen LogP contribution is 2.47. The summed E-state index contributed by atoms with van der Waals surface area (Å²) in [5.41, 5.74) is 1.10. The number of benzene rings is 1. The van der Waals surface area contributed by atoms with E-state index in [0.29, 0.717) is 16.3 Å². The predicted octanol–water partition coefficient (Wildman–Crippen LogP) is 3.54. The molecule has 0 radical (unpaired) electrons. The smallest absolute Gasteiger partial charge is 0.129 e.